The van der Waals surface area contributed by atoms with Gasteiger partial charge in [-0.1, -0.05) is 25.1 Å². The lowest BCUT2D eigenvalue weighted by Gasteiger charge is -2.10. The van der Waals surface area contributed by atoms with E-state index in [1.807, 2.05) is 48.5 Å². The summed E-state index contributed by atoms with van der Waals surface area (Å²) in [6.07, 6.45) is 2.78. The zero-order valence-electron chi connectivity index (χ0n) is 14.0. The summed E-state index contributed by atoms with van der Waals surface area (Å²) in [4.78, 5) is 17.3. The van der Waals surface area contributed by atoms with Gasteiger partial charge < -0.3 is 10.1 Å². The fourth-order valence-corrected chi connectivity index (χ4v) is 4.55. The van der Waals surface area contributed by atoms with Gasteiger partial charge in [0.1, 0.15) is 5.75 Å². The molecule has 2 aromatic rings. The lowest BCUT2D eigenvalue weighted by molar-refractivity contribution is -0.115. The minimum Gasteiger partial charge on any atom is -0.491 e. The third kappa shape index (κ3) is 4.78. The number of thioether (sulfide) groups is 1. The molecule has 1 fully saturated rings. The number of benzene rings is 2. The first-order chi connectivity index (χ1) is 12.6. The van der Waals surface area contributed by atoms with Crippen LogP contribution in [0.4, 0.5) is 5.69 Å². The first-order valence-electron chi connectivity index (χ1n) is 8.03. The van der Waals surface area contributed by atoms with Gasteiger partial charge in [0.15, 0.2) is 5.17 Å². The second-order valence-corrected chi connectivity index (χ2v) is 8.22. The number of para-hydroxylation sites is 1. The van der Waals surface area contributed by atoms with Gasteiger partial charge in [0, 0.05) is 0 Å². The lowest BCUT2D eigenvalue weighted by atomic mass is 10.2. The van der Waals surface area contributed by atoms with Crippen LogP contribution in [0.15, 0.2) is 61.3 Å². The first-order valence-corrected chi connectivity index (χ1v) is 10.4. The van der Waals surface area contributed by atoms with Crippen molar-refractivity contribution in [2.24, 2.45) is 4.99 Å². The van der Waals surface area contributed by atoms with Crippen molar-refractivity contribution in [2.75, 3.05) is 6.61 Å². The number of nitrogens with zero attached hydrogens (tertiary/aromatic N) is 1. The van der Waals surface area contributed by atoms with E-state index < -0.39 is 0 Å². The van der Waals surface area contributed by atoms with Crippen LogP contribution in [0, 0.1) is 0 Å². The van der Waals surface area contributed by atoms with Crippen molar-refractivity contribution in [1.82, 2.24) is 5.32 Å². The molecule has 134 valence electrons. The molecule has 1 amide bonds. The van der Waals surface area contributed by atoms with Crippen molar-refractivity contribution in [3.8, 4) is 5.75 Å². The van der Waals surface area contributed by atoms with Crippen LogP contribution in [0.25, 0.3) is 6.08 Å². The molecule has 0 unspecified atom stereocenters. The quantitative estimate of drug-likeness (QED) is 0.526. The standard InChI is InChI=1S/C19H16Br2N2O2S/c1-2-8-25-17-14(20)9-12(10-15(17)21)11-16-18(24)23-19(26-16)22-13-6-4-3-5-7-13/h3-7,9-11H,2,8H2,1H3,(H,22,23,24)/b16-11-. The molecule has 0 atom stereocenters. The Morgan fingerprint density at radius 2 is 1.88 bits per heavy atom. The first kappa shape index (κ1) is 19.2. The Hall–Kier alpha value is -1.57. The highest BCUT2D eigenvalue weighted by Crippen LogP contribution is 2.36. The molecule has 0 saturated carbocycles. The number of amides is 1. The molecule has 1 heterocycles. The Kier molecular flexibility index (Phi) is 6.56. The van der Waals surface area contributed by atoms with Crippen LogP contribution in [0.3, 0.4) is 0 Å². The van der Waals surface area contributed by atoms with Gasteiger partial charge in [0.25, 0.3) is 5.91 Å². The highest BCUT2D eigenvalue weighted by molar-refractivity contribution is 9.11. The fraction of sp³-hybridized carbons (Fsp3) is 0.158. The van der Waals surface area contributed by atoms with Crippen molar-refractivity contribution in [3.05, 3.63) is 61.9 Å². The zero-order valence-corrected chi connectivity index (χ0v) is 17.9. The Bertz CT molecular complexity index is 859. The smallest absolute Gasteiger partial charge is 0.264 e. The number of amidine groups is 1. The Morgan fingerprint density at radius 1 is 1.19 bits per heavy atom. The summed E-state index contributed by atoms with van der Waals surface area (Å²) in [5, 5.41) is 3.38. The predicted molar refractivity (Wildman–Crippen MR) is 115 cm³/mol. The van der Waals surface area contributed by atoms with Crippen LogP contribution in [0.1, 0.15) is 18.9 Å². The summed E-state index contributed by atoms with van der Waals surface area (Å²) in [6.45, 7) is 2.71. The van der Waals surface area contributed by atoms with Crippen molar-refractivity contribution >= 4 is 66.5 Å². The van der Waals surface area contributed by atoms with Crippen LogP contribution >= 0.6 is 43.6 Å². The van der Waals surface area contributed by atoms with Crippen molar-refractivity contribution in [2.45, 2.75) is 13.3 Å². The number of aliphatic imine (C=N–C) groups is 1. The Balaban J connectivity index is 1.82. The maximum atomic E-state index is 12.2. The van der Waals surface area contributed by atoms with Crippen LogP contribution in [-0.4, -0.2) is 17.7 Å². The third-order valence-corrected chi connectivity index (χ3v) is 5.49. The van der Waals surface area contributed by atoms with Crippen LogP contribution < -0.4 is 10.1 Å². The molecule has 26 heavy (non-hydrogen) atoms. The van der Waals surface area contributed by atoms with Crippen molar-refractivity contribution in [3.63, 3.8) is 0 Å². The predicted octanol–water partition coefficient (Wildman–Crippen LogP) is 5.89. The summed E-state index contributed by atoms with van der Waals surface area (Å²) in [5.41, 5.74) is 1.70. The molecule has 7 heteroatoms. The molecule has 1 aliphatic heterocycles. The van der Waals surface area contributed by atoms with Crippen LogP contribution in [-0.2, 0) is 4.79 Å². The molecule has 1 aliphatic rings. The Labute approximate surface area is 173 Å². The summed E-state index contributed by atoms with van der Waals surface area (Å²) < 4.78 is 7.41. The molecule has 2 aromatic carbocycles. The van der Waals surface area contributed by atoms with E-state index in [0.29, 0.717) is 16.7 Å². The van der Waals surface area contributed by atoms with Crippen molar-refractivity contribution in [1.29, 1.82) is 0 Å². The maximum absolute atomic E-state index is 12.2. The zero-order chi connectivity index (χ0) is 18.5. The number of halogens is 2. The summed E-state index contributed by atoms with van der Waals surface area (Å²) in [7, 11) is 0. The molecule has 0 aliphatic carbocycles. The summed E-state index contributed by atoms with van der Waals surface area (Å²) in [6, 6.07) is 13.4. The van der Waals surface area contributed by atoms with Gasteiger partial charge in [0.2, 0.25) is 0 Å². The number of carbonyl (C=O) groups excluding carboxylic acids is 1. The molecular weight excluding hydrogens is 480 g/mol. The molecule has 3 rings (SSSR count). The van der Waals surface area contributed by atoms with Gasteiger partial charge in [-0.15, -0.1) is 0 Å². The third-order valence-electron chi connectivity index (χ3n) is 3.41. The maximum Gasteiger partial charge on any atom is 0.264 e. The second kappa shape index (κ2) is 8.88. The van der Waals surface area contributed by atoms with E-state index in [2.05, 4.69) is 49.1 Å². The second-order valence-electron chi connectivity index (χ2n) is 5.48. The lowest BCUT2D eigenvalue weighted by Crippen LogP contribution is -2.19. The average Bonchev–Trinajstić information content (AvgIpc) is 2.94. The van der Waals surface area contributed by atoms with E-state index >= 15 is 0 Å². The highest BCUT2D eigenvalue weighted by atomic mass is 79.9. The molecule has 1 N–H and O–H groups in total. The van der Waals surface area contributed by atoms with Crippen LogP contribution in [0.5, 0.6) is 5.75 Å². The molecular formula is C19H16Br2N2O2S. The van der Waals surface area contributed by atoms with Gasteiger partial charge in [-0.25, -0.2) is 4.99 Å². The number of ether oxygens (including phenoxy) is 1. The van der Waals surface area contributed by atoms with E-state index in [9.17, 15) is 4.79 Å². The van der Waals surface area contributed by atoms with Crippen molar-refractivity contribution < 1.29 is 9.53 Å². The minimum atomic E-state index is -0.150. The molecule has 0 aromatic heterocycles. The largest absolute Gasteiger partial charge is 0.491 e. The van der Waals surface area contributed by atoms with Gasteiger partial charge >= 0.3 is 0 Å². The van der Waals surface area contributed by atoms with E-state index in [-0.39, 0.29) is 5.91 Å². The average molecular weight is 496 g/mol. The molecule has 4 nitrogen and oxygen atoms in total. The fourth-order valence-electron chi connectivity index (χ4n) is 2.26. The van der Waals surface area contributed by atoms with E-state index in [0.717, 1.165) is 32.4 Å². The van der Waals surface area contributed by atoms with Gasteiger partial charge in [0.05, 0.1) is 26.1 Å². The number of rotatable bonds is 5. The van der Waals surface area contributed by atoms with Crippen LogP contribution in [0.2, 0.25) is 0 Å². The van der Waals surface area contributed by atoms with E-state index in [4.69, 9.17) is 4.74 Å². The van der Waals surface area contributed by atoms with Gasteiger partial charge in [-0.3, -0.25) is 4.79 Å². The van der Waals surface area contributed by atoms with Gasteiger partial charge in [-0.2, -0.15) is 0 Å². The normalized spacial score (nSPS) is 17.0. The highest BCUT2D eigenvalue weighted by Gasteiger charge is 2.24. The SMILES string of the molecule is CCCOc1c(Br)cc(/C=C2\SC(=Nc3ccccc3)NC2=O)cc1Br. The number of hydrogen-bond acceptors (Lipinski definition) is 4. The number of hydrogen-bond donors (Lipinski definition) is 1. The molecule has 1 saturated heterocycles. The number of nitrogens with one attached hydrogen (secondary N) is 1. The van der Waals surface area contributed by atoms with E-state index in [1.165, 1.54) is 11.8 Å². The molecule has 0 spiro atoms. The topological polar surface area (TPSA) is 50.7 Å². The van der Waals surface area contributed by atoms with Gasteiger partial charge in [-0.05, 0) is 85.9 Å². The monoisotopic (exact) mass is 494 g/mol. The number of carbonyl (C=O) groups is 1. The minimum absolute atomic E-state index is 0.150. The molecule has 0 radical (unpaired) electrons. The van der Waals surface area contributed by atoms with E-state index in [1.54, 1.807) is 0 Å². The summed E-state index contributed by atoms with van der Waals surface area (Å²) >= 11 is 8.39. The molecule has 0 bridgehead atoms. The Morgan fingerprint density at radius 3 is 2.54 bits per heavy atom. The summed E-state index contributed by atoms with van der Waals surface area (Å²) in [5.74, 6) is 0.618.